The van der Waals surface area contributed by atoms with Gasteiger partial charge in [0.2, 0.25) is 0 Å². The second kappa shape index (κ2) is 7.22. The number of halogens is 3. The van der Waals surface area contributed by atoms with E-state index in [0.29, 0.717) is 12.1 Å². The molecule has 0 amide bonds. The molecule has 0 fully saturated rings. The second-order valence-corrected chi connectivity index (χ2v) is 4.09. The van der Waals surface area contributed by atoms with E-state index in [2.05, 4.69) is 9.98 Å². The minimum atomic E-state index is -4.47. The summed E-state index contributed by atoms with van der Waals surface area (Å²) >= 11 is 0. The van der Waals surface area contributed by atoms with Gasteiger partial charge in [-0.25, -0.2) is 4.99 Å². The molecule has 0 radical (unpaired) electrons. The van der Waals surface area contributed by atoms with E-state index in [1.807, 2.05) is 19.9 Å². The molecule has 2 rings (SSSR count). The zero-order valence-corrected chi connectivity index (χ0v) is 11.9. The van der Waals surface area contributed by atoms with Crippen molar-refractivity contribution in [3.63, 3.8) is 0 Å². The van der Waals surface area contributed by atoms with E-state index >= 15 is 0 Å². The van der Waals surface area contributed by atoms with Crippen molar-refractivity contribution >= 4 is 11.4 Å². The van der Waals surface area contributed by atoms with Gasteiger partial charge < -0.3 is 0 Å². The van der Waals surface area contributed by atoms with Crippen LogP contribution in [-0.4, -0.2) is 23.6 Å². The highest BCUT2D eigenvalue weighted by atomic mass is 19.4. The van der Waals surface area contributed by atoms with Crippen molar-refractivity contribution in [3.8, 4) is 0 Å². The Morgan fingerprint density at radius 1 is 1.30 bits per heavy atom. The summed E-state index contributed by atoms with van der Waals surface area (Å²) in [6.07, 6.45) is 5.19. The molecule has 0 saturated carbocycles. The molecule has 1 heterocycles. The van der Waals surface area contributed by atoms with Gasteiger partial charge in [-0.05, 0) is 31.9 Å². The Labute approximate surface area is 117 Å². The summed E-state index contributed by atoms with van der Waals surface area (Å²) in [6, 6.07) is -0.266. The Morgan fingerprint density at radius 2 is 2.00 bits per heavy atom. The van der Waals surface area contributed by atoms with Crippen molar-refractivity contribution in [1.82, 2.24) is 0 Å². The Morgan fingerprint density at radius 3 is 2.60 bits per heavy atom. The molecule has 0 aromatic heterocycles. The number of hydrogen-bond acceptors (Lipinski definition) is 2. The van der Waals surface area contributed by atoms with Crippen molar-refractivity contribution in [2.75, 3.05) is 0 Å². The van der Waals surface area contributed by atoms with Gasteiger partial charge in [-0.3, -0.25) is 4.99 Å². The average molecular weight is 284 g/mol. The summed E-state index contributed by atoms with van der Waals surface area (Å²) in [4.78, 5) is 7.93. The third kappa shape index (κ3) is 3.92. The first-order valence-corrected chi connectivity index (χ1v) is 6.76. The first kappa shape index (κ1) is 16.4. The van der Waals surface area contributed by atoms with Gasteiger partial charge >= 0.3 is 6.18 Å². The molecule has 0 saturated heterocycles. The zero-order valence-electron chi connectivity index (χ0n) is 11.9. The molecule has 2 nitrogen and oxygen atoms in total. The fraction of sp³-hybridized carbons (Fsp3) is 0.467. The molecule has 0 bridgehead atoms. The average Bonchev–Trinajstić information content (AvgIpc) is 2.64. The summed E-state index contributed by atoms with van der Waals surface area (Å²) in [6.45, 7) is 5.66. The molecule has 0 N–H and O–H groups in total. The van der Waals surface area contributed by atoms with Crippen LogP contribution >= 0.6 is 0 Å². The summed E-state index contributed by atoms with van der Waals surface area (Å²) in [7, 11) is 0. The molecular weight excluding hydrogens is 265 g/mol. The summed E-state index contributed by atoms with van der Waals surface area (Å²) in [5.41, 5.74) is -0.586. The Hall–Kier alpha value is -1.65. The first-order chi connectivity index (χ1) is 9.52. The standard InChI is InChI=1S/C13H13F3N2.C2H6/c1-2-6-11-12(13(14,15)16)18-10-8-5-3-4-7-9(10)17-11;1-2/h2-3,5-6,8-9H,4,7H2,1H3;1-2H3/b6-2+;. The van der Waals surface area contributed by atoms with Crippen LogP contribution in [0.3, 0.4) is 0 Å². The SMILES string of the molecule is C/C=C/C1=NC2CCC=CC=C2N=C1C(F)(F)F.CC. The quantitative estimate of drug-likeness (QED) is 0.669. The zero-order chi connectivity index (χ0) is 15.2. The fourth-order valence-corrected chi connectivity index (χ4v) is 1.92. The monoisotopic (exact) mass is 284 g/mol. The number of alkyl halides is 3. The van der Waals surface area contributed by atoms with Gasteiger partial charge in [-0.1, -0.05) is 32.1 Å². The largest absolute Gasteiger partial charge is 0.435 e. The lowest BCUT2D eigenvalue weighted by Gasteiger charge is -2.21. The summed E-state index contributed by atoms with van der Waals surface area (Å²) < 4.78 is 38.7. The Kier molecular flexibility index (Phi) is 5.92. The maximum absolute atomic E-state index is 12.9. The van der Waals surface area contributed by atoms with Crippen molar-refractivity contribution < 1.29 is 13.2 Å². The van der Waals surface area contributed by atoms with Crippen molar-refractivity contribution in [2.24, 2.45) is 9.98 Å². The van der Waals surface area contributed by atoms with Gasteiger partial charge in [-0.15, -0.1) is 0 Å². The number of nitrogens with zero attached hydrogens (tertiary/aromatic N) is 2. The van der Waals surface area contributed by atoms with Gasteiger partial charge in [0.05, 0.1) is 17.5 Å². The van der Waals surface area contributed by atoms with Gasteiger partial charge in [0.15, 0.2) is 5.71 Å². The maximum Gasteiger partial charge on any atom is 0.435 e. The van der Waals surface area contributed by atoms with E-state index < -0.39 is 11.9 Å². The van der Waals surface area contributed by atoms with Crippen molar-refractivity contribution in [2.45, 2.75) is 45.8 Å². The second-order valence-electron chi connectivity index (χ2n) is 4.09. The lowest BCUT2D eigenvalue weighted by Crippen LogP contribution is -2.34. The molecule has 1 aliphatic heterocycles. The predicted octanol–water partition coefficient (Wildman–Crippen LogP) is 4.65. The number of rotatable bonds is 1. The molecule has 0 aromatic rings. The maximum atomic E-state index is 12.9. The highest BCUT2D eigenvalue weighted by Gasteiger charge is 2.41. The van der Waals surface area contributed by atoms with Crippen LogP contribution in [0, 0.1) is 0 Å². The van der Waals surface area contributed by atoms with Crippen LogP contribution in [0.25, 0.3) is 0 Å². The van der Waals surface area contributed by atoms with Gasteiger partial charge in [-0.2, -0.15) is 13.2 Å². The molecule has 0 aromatic carbocycles. The van der Waals surface area contributed by atoms with E-state index in [4.69, 9.17) is 0 Å². The summed E-state index contributed by atoms with van der Waals surface area (Å²) in [5, 5.41) is 0. The lowest BCUT2D eigenvalue weighted by atomic mass is 10.1. The van der Waals surface area contributed by atoms with E-state index in [0.717, 1.165) is 6.42 Å². The van der Waals surface area contributed by atoms with Crippen LogP contribution in [-0.2, 0) is 0 Å². The van der Waals surface area contributed by atoms with Crippen molar-refractivity contribution in [1.29, 1.82) is 0 Å². The van der Waals surface area contributed by atoms with Crippen LogP contribution in [0.2, 0.25) is 0 Å². The number of allylic oxidation sites excluding steroid dienone is 5. The van der Waals surface area contributed by atoms with Gasteiger partial charge in [0.1, 0.15) is 0 Å². The lowest BCUT2D eigenvalue weighted by molar-refractivity contribution is -0.0567. The molecule has 0 spiro atoms. The van der Waals surface area contributed by atoms with E-state index in [-0.39, 0.29) is 11.8 Å². The molecule has 1 atom stereocenters. The highest BCUT2D eigenvalue weighted by molar-refractivity contribution is 6.49. The number of hydrogen-bond donors (Lipinski definition) is 0. The van der Waals surface area contributed by atoms with Crippen LogP contribution in [0.1, 0.15) is 33.6 Å². The molecular formula is C15H19F3N2. The van der Waals surface area contributed by atoms with E-state index in [9.17, 15) is 13.2 Å². The highest BCUT2D eigenvalue weighted by Crippen LogP contribution is 2.28. The Balaban J connectivity index is 0.000000956. The van der Waals surface area contributed by atoms with Gasteiger partial charge in [0.25, 0.3) is 0 Å². The third-order valence-electron chi connectivity index (χ3n) is 2.72. The fourth-order valence-electron chi connectivity index (χ4n) is 1.92. The normalized spacial score (nSPS) is 22.1. The third-order valence-corrected chi connectivity index (χ3v) is 2.72. The molecule has 2 aliphatic rings. The topological polar surface area (TPSA) is 24.7 Å². The smallest absolute Gasteiger partial charge is 0.273 e. The van der Waals surface area contributed by atoms with Crippen LogP contribution in [0.15, 0.2) is 46.1 Å². The van der Waals surface area contributed by atoms with Crippen molar-refractivity contribution in [3.05, 3.63) is 36.1 Å². The van der Waals surface area contributed by atoms with E-state index in [1.165, 1.54) is 6.08 Å². The molecule has 110 valence electrons. The minimum absolute atomic E-state index is 0.0750. The number of fused-ring (bicyclic) bond motifs is 1. The molecule has 1 unspecified atom stereocenters. The van der Waals surface area contributed by atoms with E-state index in [1.54, 1.807) is 25.2 Å². The predicted molar refractivity (Wildman–Crippen MR) is 77.3 cm³/mol. The van der Waals surface area contributed by atoms with Gasteiger partial charge in [0, 0.05) is 0 Å². The molecule has 1 aliphatic carbocycles. The number of aliphatic imine (C=N–C) groups is 2. The minimum Gasteiger partial charge on any atom is -0.273 e. The van der Waals surface area contributed by atoms with Crippen LogP contribution < -0.4 is 0 Å². The first-order valence-electron chi connectivity index (χ1n) is 6.76. The molecule has 5 heteroatoms. The van der Waals surface area contributed by atoms with Crippen LogP contribution in [0.5, 0.6) is 0 Å². The Bertz CT molecular complexity index is 480. The molecule has 20 heavy (non-hydrogen) atoms. The van der Waals surface area contributed by atoms with Crippen LogP contribution in [0.4, 0.5) is 13.2 Å². The summed E-state index contributed by atoms with van der Waals surface area (Å²) in [5.74, 6) is 0.